The average molecular weight is 311 g/mol. The first-order valence-corrected chi connectivity index (χ1v) is 8.39. The predicted molar refractivity (Wildman–Crippen MR) is 85.7 cm³/mol. The number of urea groups is 1. The average Bonchev–Trinajstić information content (AvgIpc) is 3.01. The Hall–Kier alpha value is -1.11. The summed E-state index contributed by atoms with van der Waals surface area (Å²) in [6.07, 6.45) is 1.12. The molecule has 2 heterocycles. The molecule has 0 spiro atoms. The van der Waals surface area contributed by atoms with Crippen molar-refractivity contribution in [3.63, 3.8) is 0 Å². The van der Waals surface area contributed by atoms with Gasteiger partial charge in [0.2, 0.25) is 0 Å². The molecule has 0 unspecified atom stereocenters. The zero-order chi connectivity index (χ0) is 15.2. The van der Waals surface area contributed by atoms with Gasteiger partial charge in [-0.15, -0.1) is 0 Å². The molecule has 2 amide bonds. The summed E-state index contributed by atoms with van der Waals surface area (Å²) in [6, 6.07) is 2.34. The van der Waals surface area contributed by atoms with Crippen LogP contribution in [0.2, 0.25) is 0 Å². The standard InChI is InChI=1S/C15H25N3O2S/c1-4-13-10-18(6-7-20-13)15(19)16-9-14(17(2)3)12-5-8-21-11-12/h5,8,11,13-14H,4,6-7,9-10H2,1-3H3,(H,16,19)/t13-,14+/m1/s1. The van der Waals surface area contributed by atoms with Gasteiger partial charge in [-0.1, -0.05) is 6.92 Å². The molecule has 2 atom stereocenters. The van der Waals surface area contributed by atoms with Crippen LogP contribution in [0, 0.1) is 0 Å². The Morgan fingerprint density at radius 1 is 1.62 bits per heavy atom. The van der Waals surface area contributed by atoms with Gasteiger partial charge < -0.3 is 19.9 Å². The number of morpholine rings is 1. The summed E-state index contributed by atoms with van der Waals surface area (Å²) in [4.78, 5) is 16.3. The number of likely N-dealkylation sites (N-methyl/N-ethyl adjacent to an activating group) is 1. The number of nitrogens with zero attached hydrogens (tertiary/aromatic N) is 2. The minimum atomic E-state index is 0.0128. The van der Waals surface area contributed by atoms with Gasteiger partial charge in [-0.05, 0) is 42.9 Å². The van der Waals surface area contributed by atoms with Crippen molar-refractivity contribution >= 4 is 17.4 Å². The lowest BCUT2D eigenvalue weighted by atomic mass is 10.1. The van der Waals surface area contributed by atoms with Gasteiger partial charge in [0.15, 0.2) is 0 Å². The summed E-state index contributed by atoms with van der Waals surface area (Å²) in [7, 11) is 4.08. The first-order valence-electron chi connectivity index (χ1n) is 7.44. The molecule has 118 valence electrons. The van der Waals surface area contributed by atoms with E-state index in [1.165, 1.54) is 5.56 Å². The third-order valence-electron chi connectivity index (χ3n) is 3.88. The minimum Gasteiger partial charge on any atom is -0.375 e. The number of rotatable bonds is 5. The van der Waals surface area contributed by atoms with Crippen molar-refractivity contribution in [2.24, 2.45) is 0 Å². The predicted octanol–water partition coefficient (Wildman–Crippen LogP) is 2.17. The molecule has 0 aliphatic carbocycles. The van der Waals surface area contributed by atoms with E-state index in [1.807, 2.05) is 19.0 Å². The third kappa shape index (κ3) is 4.43. The molecule has 0 aromatic carbocycles. The largest absolute Gasteiger partial charge is 0.375 e. The summed E-state index contributed by atoms with van der Waals surface area (Å²) in [5.41, 5.74) is 1.25. The Kier molecular flexibility index (Phi) is 6.02. The Balaban J connectivity index is 1.87. The number of amides is 2. The van der Waals surface area contributed by atoms with Crippen LogP contribution in [-0.2, 0) is 4.74 Å². The summed E-state index contributed by atoms with van der Waals surface area (Å²) >= 11 is 1.68. The first kappa shape index (κ1) is 16.3. The maximum atomic E-state index is 12.3. The second-order valence-corrected chi connectivity index (χ2v) is 6.35. The molecule has 1 aromatic heterocycles. The molecule has 6 heteroatoms. The Bertz CT molecular complexity index is 436. The topological polar surface area (TPSA) is 44.8 Å². The van der Waals surface area contributed by atoms with Gasteiger partial charge in [0, 0.05) is 19.6 Å². The lowest BCUT2D eigenvalue weighted by molar-refractivity contribution is -0.0155. The molecule has 21 heavy (non-hydrogen) atoms. The molecule has 1 aliphatic heterocycles. The number of carbonyl (C=O) groups is 1. The highest BCUT2D eigenvalue weighted by Gasteiger charge is 2.24. The first-order chi connectivity index (χ1) is 10.1. The zero-order valence-electron chi connectivity index (χ0n) is 13.0. The maximum Gasteiger partial charge on any atom is 0.317 e. The fraction of sp³-hybridized carbons (Fsp3) is 0.667. The molecule has 0 saturated carbocycles. The summed E-state index contributed by atoms with van der Waals surface area (Å²) in [6.45, 7) is 4.70. The van der Waals surface area contributed by atoms with Crippen LogP contribution < -0.4 is 5.32 Å². The highest BCUT2D eigenvalue weighted by molar-refractivity contribution is 7.07. The van der Waals surface area contributed by atoms with Crippen LogP contribution in [0.1, 0.15) is 24.9 Å². The number of thiophene rings is 1. The van der Waals surface area contributed by atoms with Crippen LogP contribution in [-0.4, -0.2) is 62.3 Å². The van der Waals surface area contributed by atoms with Crippen molar-refractivity contribution in [1.82, 2.24) is 15.1 Å². The quantitative estimate of drug-likeness (QED) is 0.906. The fourth-order valence-electron chi connectivity index (χ4n) is 2.51. The van der Waals surface area contributed by atoms with Gasteiger partial charge in [-0.2, -0.15) is 11.3 Å². The number of hydrogen-bond donors (Lipinski definition) is 1. The van der Waals surface area contributed by atoms with Gasteiger partial charge in [-0.25, -0.2) is 4.79 Å². The van der Waals surface area contributed by atoms with E-state index in [-0.39, 0.29) is 18.2 Å². The Labute approximate surface area is 130 Å². The van der Waals surface area contributed by atoms with Crippen LogP contribution in [0.25, 0.3) is 0 Å². The molecule has 1 N–H and O–H groups in total. The van der Waals surface area contributed by atoms with E-state index in [2.05, 4.69) is 34.0 Å². The van der Waals surface area contributed by atoms with Crippen LogP contribution in [0.3, 0.4) is 0 Å². The molecule has 0 bridgehead atoms. The highest BCUT2D eigenvalue weighted by atomic mass is 32.1. The molecule has 1 fully saturated rings. The maximum absolute atomic E-state index is 12.3. The van der Waals surface area contributed by atoms with Crippen molar-refractivity contribution in [2.45, 2.75) is 25.5 Å². The third-order valence-corrected chi connectivity index (χ3v) is 4.58. The summed E-state index contributed by atoms with van der Waals surface area (Å²) in [5, 5.41) is 7.27. The number of carbonyl (C=O) groups excluding carboxylic acids is 1. The van der Waals surface area contributed by atoms with Crippen molar-refractivity contribution in [2.75, 3.05) is 40.3 Å². The SMILES string of the molecule is CC[C@@H]1CN(C(=O)NC[C@@H](c2ccsc2)N(C)C)CCO1. The van der Waals surface area contributed by atoms with Crippen LogP contribution in [0.4, 0.5) is 4.79 Å². The fourth-order valence-corrected chi connectivity index (χ4v) is 3.22. The molecule has 0 radical (unpaired) electrons. The van der Waals surface area contributed by atoms with Crippen molar-refractivity contribution in [3.8, 4) is 0 Å². The molecular weight excluding hydrogens is 286 g/mol. The van der Waals surface area contributed by atoms with Crippen LogP contribution in [0.15, 0.2) is 16.8 Å². The minimum absolute atomic E-state index is 0.0128. The van der Waals surface area contributed by atoms with Crippen LogP contribution in [0.5, 0.6) is 0 Å². The van der Waals surface area contributed by atoms with Gasteiger partial charge in [0.05, 0.1) is 18.8 Å². The van der Waals surface area contributed by atoms with Crippen molar-refractivity contribution in [1.29, 1.82) is 0 Å². The van der Waals surface area contributed by atoms with Gasteiger partial charge in [0.1, 0.15) is 0 Å². The Morgan fingerprint density at radius 3 is 3.05 bits per heavy atom. The number of hydrogen-bond acceptors (Lipinski definition) is 4. The zero-order valence-corrected chi connectivity index (χ0v) is 13.9. The van der Waals surface area contributed by atoms with Gasteiger partial charge in [0.25, 0.3) is 0 Å². The second-order valence-electron chi connectivity index (χ2n) is 5.57. The molecule has 1 saturated heterocycles. The van der Waals surface area contributed by atoms with Crippen molar-refractivity contribution < 1.29 is 9.53 Å². The molecule has 1 aromatic rings. The van der Waals surface area contributed by atoms with E-state index >= 15 is 0 Å². The lowest BCUT2D eigenvalue weighted by Crippen LogP contribution is -2.50. The summed E-state index contributed by atoms with van der Waals surface area (Å²) in [5.74, 6) is 0. The van der Waals surface area contributed by atoms with Gasteiger partial charge >= 0.3 is 6.03 Å². The van der Waals surface area contributed by atoms with Crippen LogP contribution >= 0.6 is 11.3 Å². The highest BCUT2D eigenvalue weighted by Crippen LogP contribution is 2.20. The molecular formula is C15H25N3O2S. The van der Waals surface area contributed by atoms with E-state index in [0.29, 0.717) is 26.2 Å². The van der Waals surface area contributed by atoms with E-state index in [1.54, 1.807) is 11.3 Å². The number of nitrogens with one attached hydrogen (secondary N) is 1. The van der Waals surface area contributed by atoms with E-state index < -0.39 is 0 Å². The molecule has 1 aliphatic rings. The van der Waals surface area contributed by atoms with E-state index in [0.717, 1.165) is 6.42 Å². The van der Waals surface area contributed by atoms with Gasteiger partial charge in [-0.3, -0.25) is 0 Å². The normalized spacial score (nSPS) is 20.6. The number of ether oxygens (including phenoxy) is 1. The summed E-state index contributed by atoms with van der Waals surface area (Å²) < 4.78 is 5.60. The smallest absolute Gasteiger partial charge is 0.317 e. The van der Waals surface area contributed by atoms with E-state index in [4.69, 9.17) is 4.74 Å². The molecule has 5 nitrogen and oxygen atoms in total. The molecule has 2 rings (SSSR count). The second kappa shape index (κ2) is 7.77. The van der Waals surface area contributed by atoms with E-state index in [9.17, 15) is 4.79 Å². The monoisotopic (exact) mass is 311 g/mol. The Morgan fingerprint density at radius 2 is 2.43 bits per heavy atom. The van der Waals surface area contributed by atoms with Crippen molar-refractivity contribution in [3.05, 3.63) is 22.4 Å². The lowest BCUT2D eigenvalue weighted by Gasteiger charge is -2.33.